The summed E-state index contributed by atoms with van der Waals surface area (Å²) >= 11 is 5.72. The molecule has 1 aromatic rings. The minimum absolute atomic E-state index is 0.0174. The van der Waals surface area contributed by atoms with E-state index in [0.717, 1.165) is 7.11 Å². The Morgan fingerprint density at radius 3 is 2.56 bits per heavy atom. The van der Waals surface area contributed by atoms with Crippen molar-refractivity contribution in [2.75, 3.05) is 7.11 Å². The Morgan fingerprint density at radius 2 is 2.06 bits per heavy atom. The Morgan fingerprint density at radius 1 is 1.50 bits per heavy atom. The fourth-order valence-corrected chi connectivity index (χ4v) is 1.68. The molecule has 16 heavy (non-hydrogen) atoms. The molecule has 0 heterocycles. The smallest absolute Gasteiger partial charge is 0.339 e. The average Bonchev–Trinajstić information content (AvgIpc) is 2.24. The van der Waals surface area contributed by atoms with E-state index in [2.05, 4.69) is 4.74 Å². The molecule has 0 fully saturated rings. The van der Waals surface area contributed by atoms with Crippen molar-refractivity contribution >= 4 is 17.6 Å². The SMILES string of the molecule is COC(=O)C(O)c1c(C)cc(O)c(O)c1Cl. The topological polar surface area (TPSA) is 87.0 Å². The van der Waals surface area contributed by atoms with Crippen LogP contribution < -0.4 is 0 Å². The van der Waals surface area contributed by atoms with Gasteiger partial charge >= 0.3 is 5.97 Å². The third-order valence-electron chi connectivity index (χ3n) is 2.16. The number of aryl methyl sites for hydroxylation is 1. The van der Waals surface area contributed by atoms with Crippen molar-refractivity contribution in [1.82, 2.24) is 0 Å². The number of methoxy groups -OCH3 is 1. The number of aliphatic hydroxyl groups is 1. The van der Waals surface area contributed by atoms with Crippen LogP contribution >= 0.6 is 11.6 Å². The molecular weight excluding hydrogens is 236 g/mol. The van der Waals surface area contributed by atoms with E-state index in [1.807, 2.05) is 0 Å². The van der Waals surface area contributed by atoms with Crippen LogP contribution in [0.15, 0.2) is 6.07 Å². The molecular formula is C10H11ClO5. The first-order chi connectivity index (χ1) is 7.40. The lowest BCUT2D eigenvalue weighted by atomic mass is 10.0. The molecule has 0 amide bonds. The number of rotatable bonds is 2. The van der Waals surface area contributed by atoms with Gasteiger partial charge in [-0.25, -0.2) is 4.79 Å². The number of ether oxygens (including phenoxy) is 1. The normalized spacial score (nSPS) is 12.2. The van der Waals surface area contributed by atoms with Crippen LogP contribution in [0.4, 0.5) is 0 Å². The lowest BCUT2D eigenvalue weighted by molar-refractivity contribution is -0.150. The molecule has 0 spiro atoms. The van der Waals surface area contributed by atoms with Crippen molar-refractivity contribution in [3.63, 3.8) is 0 Å². The summed E-state index contributed by atoms with van der Waals surface area (Å²) in [7, 11) is 1.12. The maximum Gasteiger partial charge on any atom is 0.339 e. The maximum absolute atomic E-state index is 11.1. The van der Waals surface area contributed by atoms with E-state index in [1.54, 1.807) is 0 Å². The zero-order chi connectivity index (χ0) is 12.5. The van der Waals surface area contributed by atoms with E-state index in [0.29, 0.717) is 5.56 Å². The van der Waals surface area contributed by atoms with E-state index in [9.17, 15) is 20.1 Å². The zero-order valence-electron chi connectivity index (χ0n) is 8.69. The number of hydrogen-bond acceptors (Lipinski definition) is 5. The molecule has 88 valence electrons. The Labute approximate surface area is 96.9 Å². The van der Waals surface area contributed by atoms with Crippen LogP contribution in [0.2, 0.25) is 5.02 Å². The van der Waals surface area contributed by atoms with E-state index < -0.39 is 23.6 Å². The number of esters is 1. The van der Waals surface area contributed by atoms with Crippen LogP contribution in [0.3, 0.4) is 0 Å². The van der Waals surface area contributed by atoms with Crippen LogP contribution in [0.1, 0.15) is 17.2 Å². The van der Waals surface area contributed by atoms with Gasteiger partial charge in [0.2, 0.25) is 0 Å². The predicted molar refractivity (Wildman–Crippen MR) is 56.5 cm³/mol. The minimum Gasteiger partial charge on any atom is -0.504 e. The van der Waals surface area contributed by atoms with Gasteiger partial charge in [0.25, 0.3) is 0 Å². The van der Waals surface area contributed by atoms with E-state index in [-0.39, 0.29) is 10.6 Å². The molecule has 0 aliphatic rings. The van der Waals surface area contributed by atoms with E-state index in [1.165, 1.54) is 13.0 Å². The number of phenolic OH excluding ortho intramolecular Hbond substituents is 2. The molecule has 1 atom stereocenters. The Bertz CT molecular complexity index is 430. The summed E-state index contributed by atoms with van der Waals surface area (Å²) in [6, 6.07) is 1.20. The van der Waals surface area contributed by atoms with Gasteiger partial charge in [-0.2, -0.15) is 0 Å². The van der Waals surface area contributed by atoms with Crippen LogP contribution in [0, 0.1) is 6.92 Å². The summed E-state index contributed by atoms with van der Waals surface area (Å²) in [6.07, 6.45) is -1.59. The Kier molecular flexibility index (Phi) is 3.62. The second kappa shape index (κ2) is 4.59. The van der Waals surface area contributed by atoms with Gasteiger partial charge in [0.15, 0.2) is 17.6 Å². The van der Waals surface area contributed by atoms with Gasteiger partial charge < -0.3 is 20.1 Å². The highest BCUT2D eigenvalue weighted by Crippen LogP contribution is 2.40. The second-order valence-corrected chi connectivity index (χ2v) is 3.59. The molecule has 0 aliphatic heterocycles. The predicted octanol–water partition coefficient (Wildman–Crippen LogP) is 1.27. The molecule has 0 saturated heterocycles. The van der Waals surface area contributed by atoms with Crippen molar-refractivity contribution in [2.45, 2.75) is 13.0 Å². The van der Waals surface area contributed by atoms with Crippen molar-refractivity contribution in [3.05, 3.63) is 22.2 Å². The summed E-state index contributed by atoms with van der Waals surface area (Å²) < 4.78 is 4.35. The van der Waals surface area contributed by atoms with Gasteiger partial charge in [-0.05, 0) is 18.6 Å². The molecule has 0 aliphatic carbocycles. The Balaban J connectivity index is 3.34. The van der Waals surface area contributed by atoms with Gasteiger partial charge in [-0.15, -0.1) is 0 Å². The lowest BCUT2D eigenvalue weighted by Crippen LogP contribution is -2.15. The number of carbonyl (C=O) groups is 1. The molecule has 0 saturated carbocycles. The van der Waals surface area contributed by atoms with Gasteiger partial charge in [0, 0.05) is 5.56 Å². The highest BCUT2D eigenvalue weighted by molar-refractivity contribution is 6.33. The Hall–Kier alpha value is -1.46. The molecule has 1 unspecified atom stereocenters. The number of aromatic hydroxyl groups is 2. The average molecular weight is 247 g/mol. The molecule has 0 aromatic heterocycles. The first kappa shape index (κ1) is 12.6. The summed E-state index contributed by atoms with van der Waals surface area (Å²) in [4.78, 5) is 11.1. The number of hydrogen-bond donors (Lipinski definition) is 3. The number of carbonyl (C=O) groups excluding carboxylic acids is 1. The van der Waals surface area contributed by atoms with Gasteiger partial charge in [0.1, 0.15) is 0 Å². The van der Waals surface area contributed by atoms with Crippen molar-refractivity contribution in [2.24, 2.45) is 0 Å². The van der Waals surface area contributed by atoms with Crippen molar-refractivity contribution in [3.8, 4) is 11.5 Å². The largest absolute Gasteiger partial charge is 0.504 e. The summed E-state index contributed by atoms with van der Waals surface area (Å²) in [5.74, 6) is -1.89. The summed E-state index contributed by atoms with van der Waals surface area (Å²) in [5, 5.41) is 28.0. The standard InChI is InChI=1S/C10H11ClO5/c1-4-3-5(12)8(13)7(11)6(4)9(14)10(15)16-2/h3,9,12-14H,1-2H3. The third kappa shape index (κ3) is 2.05. The molecule has 6 heteroatoms. The van der Waals surface area contributed by atoms with Gasteiger partial charge in [-0.1, -0.05) is 11.6 Å². The number of phenols is 2. The van der Waals surface area contributed by atoms with Crippen LogP contribution in [-0.4, -0.2) is 28.4 Å². The van der Waals surface area contributed by atoms with E-state index >= 15 is 0 Å². The van der Waals surface area contributed by atoms with Crippen LogP contribution in [0.25, 0.3) is 0 Å². The summed E-state index contributed by atoms with van der Waals surface area (Å²) in [6.45, 7) is 1.53. The van der Waals surface area contributed by atoms with E-state index in [4.69, 9.17) is 11.6 Å². The van der Waals surface area contributed by atoms with Gasteiger partial charge in [-0.3, -0.25) is 0 Å². The fraction of sp³-hybridized carbons (Fsp3) is 0.300. The molecule has 1 aromatic carbocycles. The quantitative estimate of drug-likeness (QED) is 0.540. The molecule has 3 N–H and O–H groups in total. The second-order valence-electron chi connectivity index (χ2n) is 3.21. The van der Waals surface area contributed by atoms with Crippen molar-refractivity contribution < 1.29 is 24.9 Å². The lowest BCUT2D eigenvalue weighted by Gasteiger charge is -2.15. The highest BCUT2D eigenvalue weighted by atomic mass is 35.5. The highest BCUT2D eigenvalue weighted by Gasteiger charge is 2.25. The first-order valence-electron chi connectivity index (χ1n) is 4.37. The molecule has 0 radical (unpaired) electrons. The fourth-order valence-electron chi connectivity index (χ4n) is 1.33. The molecule has 5 nitrogen and oxygen atoms in total. The number of benzene rings is 1. The van der Waals surface area contributed by atoms with Crippen molar-refractivity contribution in [1.29, 1.82) is 0 Å². The van der Waals surface area contributed by atoms with Gasteiger partial charge in [0.05, 0.1) is 12.1 Å². The number of halogens is 1. The monoisotopic (exact) mass is 246 g/mol. The minimum atomic E-state index is -1.59. The zero-order valence-corrected chi connectivity index (χ0v) is 9.45. The van der Waals surface area contributed by atoms with Crippen LogP contribution in [-0.2, 0) is 9.53 Å². The maximum atomic E-state index is 11.1. The molecule has 1 rings (SSSR count). The third-order valence-corrected chi connectivity index (χ3v) is 2.55. The first-order valence-corrected chi connectivity index (χ1v) is 4.74. The number of aliphatic hydroxyl groups excluding tert-OH is 1. The summed E-state index contributed by atoms with van der Waals surface area (Å²) in [5.41, 5.74) is 0.391. The molecule has 0 bridgehead atoms. The van der Waals surface area contributed by atoms with Crippen LogP contribution in [0.5, 0.6) is 11.5 Å².